The summed E-state index contributed by atoms with van der Waals surface area (Å²) in [5.41, 5.74) is 1.41. The molecule has 0 aliphatic heterocycles. The molecule has 84 valence electrons. The summed E-state index contributed by atoms with van der Waals surface area (Å²) in [6.45, 7) is 0. The Kier molecular flexibility index (Phi) is 2.84. The van der Waals surface area contributed by atoms with E-state index in [0.29, 0.717) is 0 Å². The second kappa shape index (κ2) is 4.14. The van der Waals surface area contributed by atoms with Crippen LogP contribution in [0, 0.1) is 5.82 Å². The van der Waals surface area contributed by atoms with Crippen LogP contribution in [0.3, 0.4) is 0 Å². The first kappa shape index (κ1) is 11.0. The van der Waals surface area contributed by atoms with E-state index >= 15 is 0 Å². The summed E-state index contributed by atoms with van der Waals surface area (Å²) < 4.78 is 38.3. The molecule has 0 radical (unpaired) electrons. The molecule has 0 unspecified atom stereocenters. The SMILES string of the molecule is O=S(=O)(Nc1nncs1)c1ccc(F)cc1. The van der Waals surface area contributed by atoms with Crippen molar-refractivity contribution in [1.82, 2.24) is 10.2 Å². The number of benzene rings is 1. The van der Waals surface area contributed by atoms with Gasteiger partial charge in [0, 0.05) is 0 Å². The molecule has 0 saturated heterocycles. The molecule has 0 bridgehead atoms. The van der Waals surface area contributed by atoms with Crippen LogP contribution < -0.4 is 4.72 Å². The minimum absolute atomic E-state index is 0.0240. The zero-order valence-electron chi connectivity index (χ0n) is 7.79. The van der Waals surface area contributed by atoms with Gasteiger partial charge in [0.25, 0.3) is 10.0 Å². The van der Waals surface area contributed by atoms with Gasteiger partial charge in [-0.2, -0.15) is 0 Å². The van der Waals surface area contributed by atoms with Crippen LogP contribution in [0.15, 0.2) is 34.7 Å². The second-order valence-electron chi connectivity index (χ2n) is 2.80. The third-order valence-corrected chi connectivity index (χ3v) is 3.80. The van der Waals surface area contributed by atoms with Gasteiger partial charge in [-0.15, -0.1) is 10.2 Å². The Morgan fingerprint density at radius 3 is 2.50 bits per heavy atom. The topological polar surface area (TPSA) is 72.0 Å². The Morgan fingerprint density at radius 2 is 1.94 bits per heavy atom. The highest BCUT2D eigenvalue weighted by atomic mass is 32.2. The van der Waals surface area contributed by atoms with Crippen LogP contribution in [-0.4, -0.2) is 18.6 Å². The van der Waals surface area contributed by atoms with Crippen molar-refractivity contribution in [1.29, 1.82) is 0 Å². The minimum Gasteiger partial charge on any atom is -0.253 e. The lowest BCUT2D eigenvalue weighted by molar-refractivity contribution is 0.599. The number of sulfonamides is 1. The molecule has 1 aromatic heterocycles. The average molecular weight is 259 g/mol. The molecule has 0 spiro atoms. The monoisotopic (exact) mass is 259 g/mol. The highest BCUT2D eigenvalue weighted by molar-refractivity contribution is 7.93. The highest BCUT2D eigenvalue weighted by Crippen LogP contribution is 2.16. The van der Waals surface area contributed by atoms with Crippen LogP contribution in [0.2, 0.25) is 0 Å². The van der Waals surface area contributed by atoms with Crippen LogP contribution in [0.4, 0.5) is 9.52 Å². The van der Waals surface area contributed by atoms with Gasteiger partial charge in [-0.25, -0.2) is 12.8 Å². The lowest BCUT2D eigenvalue weighted by Gasteiger charge is -2.03. The largest absolute Gasteiger partial charge is 0.263 e. The van der Waals surface area contributed by atoms with Crippen molar-refractivity contribution in [2.75, 3.05) is 4.72 Å². The van der Waals surface area contributed by atoms with Crippen molar-refractivity contribution in [3.05, 3.63) is 35.6 Å². The van der Waals surface area contributed by atoms with Gasteiger partial charge in [0.05, 0.1) is 4.90 Å². The predicted octanol–water partition coefficient (Wildman–Crippen LogP) is 1.48. The van der Waals surface area contributed by atoms with Gasteiger partial charge in [-0.3, -0.25) is 4.72 Å². The first-order valence-electron chi connectivity index (χ1n) is 4.12. The Hall–Kier alpha value is -1.54. The Morgan fingerprint density at radius 1 is 1.25 bits per heavy atom. The van der Waals surface area contributed by atoms with Crippen molar-refractivity contribution < 1.29 is 12.8 Å². The fraction of sp³-hybridized carbons (Fsp3) is 0. The number of rotatable bonds is 3. The standard InChI is InChI=1S/C8H6FN3O2S2/c9-6-1-3-7(4-2-6)16(13,14)12-8-11-10-5-15-8/h1-5H,(H,11,12). The fourth-order valence-corrected chi connectivity index (χ4v) is 2.70. The first-order chi connectivity index (χ1) is 7.58. The van der Waals surface area contributed by atoms with Crippen molar-refractivity contribution in [2.24, 2.45) is 0 Å². The molecule has 5 nitrogen and oxygen atoms in total. The van der Waals surface area contributed by atoms with Crippen molar-refractivity contribution in [3.63, 3.8) is 0 Å². The van der Waals surface area contributed by atoms with E-state index in [1.165, 1.54) is 17.6 Å². The molecule has 2 aromatic rings. The maximum atomic E-state index is 12.6. The molecule has 0 saturated carbocycles. The van der Waals surface area contributed by atoms with Crippen LogP contribution in [0.1, 0.15) is 0 Å². The molecule has 2 rings (SSSR count). The zero-order chi connectivity index (χ0) is 11.6. The quantitative estimate of drug-likeness (QED) is 0.906. The van der Waals surface area contributed by atoms with Crippen molar-refractivity contribution in [2.45, 2.75) is 4.90 Å². The summed E-state index contributed by atoms with van der Waals surface area (Å²) in [6.07, 6.45) is 0. The molecule has 0 aliphatic rings. The summed E-state index contributed by atoms with van der Waals surface area (Å²) in [5.74, 6) is -0.491. The van der Waals surface area contributed by atoms with Gasteiger partial charge in [0.2, 0.25) is 5.13 Å². The molecule has 8 heteroatoms. The number of hydrogen-bond donors (Lipinski definition) is 1. The summed E-state index contributed by atoms with van der Waals surface area (Å²) in [7, 11) is -3.71. The summed E-state index contributed by atoms with van der Waals surface area (Å²) in [4.78, 5) is -0.0240. The number of halogens is 1. The summed E-state index contributed by atoms with van der Waals surface area (Å²) >= 11 is 1.06. The van der Waals surface area contributed by atoms with Gasteiger partial charge < -0.3 is 0 Å². The fourth-order valence-electron chi connectivity index (χ4n) is 1.01. The minimum atomic E-state index is -3.71. The Labute approximate surface area is 95.0 Å². The van der Waals surface area contributed by atoms with Gasteiger partial charge >= 0.3 is 0 Å². The first-order valence-corrected chi connectivity index (χ1v) is 6.49. The maximum absolute atomic E-state index is 12.6. The number of aromatic nitrogens is 2. The maximum Gasteiger partial charge on any atom is 0.263 e. The van der Waals surface area contributed by atoms with Crippen LogP contribution in [0.25, 0.3) is 0 Å². The molecule has 0 aliphatic carbocycles. The van der Waals surface area contributed by atoms with E-state index in [4.69, 9.17) is 0 Å². The van der Waals surface area contributed by atoms with Crippen molar-refractivity contribution in [3.8, 4) is 0 Å². The van der Waals surface area contributed by atoms with E-state index in [9.17, 15) is 12.8 Å². The lowest BCUT2D eigenvalue weighted by Crippen LogP contribution is -2.12. The number of nitrogens with zero attached hydrogens (tertiary/aromatic N) is 2. The number of hydrogen-bond acceptors (Lipinski definition) is 5. The Bertz CT molecular complexity index is 566. The van der Waals surface area contributed by atoms with E-state index < -0.39 is 15.8 Å². The molecular weight excluding hydrogens is 253 g/mol. The highest BCUT2D eigenvalue weighted by Gasteiger charge is 2.15. The Balaban J connectivity index is 2.29. The van der Waals surface area contributed by atoms with Crippen LogP contribution >= 0.6 is 11.3 Å². The molecule has 1 N–H and O–H groups in total. The molecule has 16 heavy (non-hydrogen) atoms. The second-order valence-corrected chi connectivity index (χ2v) is 5.32. The normalized spacial score (nSPS) is 11.3. The summed E-state index contributed by atoms with van der Waals surface area (Å²) in [5, 5.41) is 7.22. The lowest BCUT2D eigenvalue weighted by atomic mass is 10.4. The summed E-state index contributed by atoms with van der Waals surface area (Å²) in [6, 6.07) is 4.51. The van der Waals surface area contributed by atoms with E-state index in [1.54, 1.807) is 0 Å². The molecular formula is C8H6FN3O2S2. The van der Waals surface area contributed by atoms with E-state index in [2.05, 4.69) is 14.9 Å². The van der Waals surface area contributed by atoms with Crippen molar-refractivity contribution >= 4 is 26.5 Å². The smallest absolute Gasteiger partial charge is 0.253 e. The zero-order valence-corrected chi connectivity index (χ0v) is 9.43. The van der Waals surface area contributed by atoms with E-state index in [1.807, 2.05) is 0 Å². The van der Waals surface area contributed by atoms with Gasteiger partial charge in [-0.1, -0.05) is 11.3 Å². The van der Waals surface area contributed by atoms with E-state index in [-0.39, 0.29) is 10.0 Å². The van der Waals surface area contributed by atoms with Crippen LogP contribution in [0.5, 0.6) is 0 Å². The predicted molar refractivity (Wildman–Crippen MR) is 57.1 cm³/mol. The molecule has 0 fully saturated rings. The molecule has 1 aromatic carbocycles. The molecule has 0 amide bonds. The third kappa shape index (κ3) is 2.34. The number of nitrogens with one attached hydrogen (secondary N) is 1. The molecule has 1 heterocycles. The number of anilines is 1. The third-order valence-electron chi connectivity index (χ3n) is 1.71. The molecule has 0 atom stereocenters. The van der Waals surface area contributed by atoms with Crippen LogP contribution in [-0.2, 0) is 10.0 Å². The van der Waals surface area contributed by atoms with Gasteiger partial charge in [0.1, 0.15) is 11.3 Å². The van der Waals surface area contributed by atoms with Gasteiger partial charge in [-0.05, 0) is 24.3 Å². The van der Waals surface area contributed by atoms with Gasteiger partial charge in [0.15, 0.2) is 0 Å². The average Bonchev–Trinajstić information content (AvgIpc) is 2.70. The van der Waals surface area contributed by atoms with E-state index in [0.717, 1.165) is 23.5 Å².